The Bertz CT molecular complexity index is 687. The molecule has 2 aromatic rings. The summed E-state index contributed by atoms with van der Waals surface area (Å²) in [6.45, 7) is 8.26. The van der Waals surface area contributed by atoms with Crippen LogP contribution < -0.4 is 5.32 Å². The highest BCUT2D eigenvalue weighted by Crippen LogP contribution is 2.22. The molecule has 0 spiro atoms. The third-order valence-corrected chi connectivity index (χ3v) is 5.88. The molecule has 5 rings (SSSR count). The quantitative estimate of drug-likeness (QED) is 0.907. The minimum Gasteiger partial charge on any atom is -0.350 e. The van der Waals surface area contributed by atoms with Crippen molar-refractivity contribution in [2.45, 2.75) is 13.0 Å². The number of rotatable bonds is 4. The van der Waals surface area contributed by atoms with E-state index in [4.69, 9.17) is 0 Å². The number of carbonyl (C=O) groups is 1. The van der Waals surface area contributed by atoms with Crippen LogP contribution in [0, 0.1) is 6.92 Å². The molecule has 1 N–H and O–H groups in total. The first-order chi connectivity index (χ1) is 11.2. The van der Waals surface area contributed by atoms with Crippen molar-refractivity contribution < 1.29 is 4.79 Å². The number of hydrogen-bond acceptors (Lipinski definition) is 5. The van der Waals surface area contributed by atoms with Gasteiger partial charge in [0.15, 0.2) is 5.13 Å². The van der Waals surface area contributed by atoms with Crippen molar-refractivity contribution in [1.29, 1.82) is 0 Å². The smallest absolute Gasteiger partial charge is 0.263 e. The van der Waals surface area contributed by atoms with Gasteiger partial charge in [-0.15, -0.1) is 0 Å². The number of piperazine rings is 3. The molecule has 7 heteroatoms. The Hall–Kier alpha value is -1.70. The lowest BCUT2D eigenvalue weighted by molar-refractivity contribution is 0.0138. The van der Waals surface area contributed by atoms with Crippen LogP contribution in [0.25, 0.3) is 5.13 Å². The summed E-state index contributed by atoms with van der Waals surface area (Å²) < 4.78 is 1.94. The lowest BCUT2D eigenvalue weighted by Gasteiger charge is -2.47. The summed E-state index contributed by atoms with van der Waals surface area (Å²) in [5.41, 5.74) is 0.797. The summed E-state index contributed by atoms with van der Waals surface area (Å²) in [7, 11) is 0. The Morgan fingerprint density at radius 2 is 2.04 bits per heavy atom. The average Bonchev–Trinajstić information content (AvgIpc) is 3.23. The third-order valence-electron chi connectivity index (χ3n) is 4.71. The maximum atomic E-state index is 12.5. The fourth-order valence-corrected chi connectivity index (χ4v) is 4.32. The number of nitrogens with zero attached hydrogens (tertiary/aromatic N) is 4. The summed E-state index contributed by atoms with van der Waals surface area (Å²) in [6.07, 6.45) is 3.89. The van der Waals surface area contributed by atoms with E-state index in [1.807, 2.05) is 36.0 Å². The Balaban J connectivity index is 1.41. The van der Waals surface area contributed by atoms with Gasteiger partial charge in [-0.1, -0.05) is 11.3 Å². The number of thiazole rings is 1. The number of nitrogens with one attached hydrogen (secondary N) is 1. The van der Waals surface area contributed by atoms with Crippen molar-refractivity contribution in [2.75, 3.05) is 39.3 Å². The standard InChI is InChI=1S/C16H21N5OS/c1-12-14(23-16(18-12)21-4-2-3-5-21)15(22)17-10-13-11-19-6-8-20(13)9-7-19/h2-5,13H,6-11H2,1H3,(H,17,22). The van der Waals surface area contributed by atoms with Gasteiger partial charge in [0.05, 0.1) is 5.69 Å². The molecule has 2 bridgehead atoms. The minimum atomic E-state index is -0.00365. The third kappa shape index (κ3) is 2.91. The number of amides is 1. The van der Waals surface area contributed by atoms with Crippen LogP contribution in [-0.2, 0) is 0 Å². The maximum Gasteiger partial charge on any atom is 0.263 e. The van der Waals surface area contributed by atoms with E-state index in [0.29, 0.717) is 17.5 Å². The lowest BCUT2D eigenvalue weighted by atomic mass is 10.1. The highest BCUT2D eigenvalue weighted by molar-refractivity contribution is 7.16. The molecule has 2 aromatic heterocycles. The fourth-order valence-electron chi connectivity index (χ4n) is 3.37. The predicted octanol–water partition coefficient (Wildman–Crippen LogP) is 0.972. The maximum absolute atomic E-state index is 12.5. The van der Waals surface area contributed by atoms with Crippen molar-refractivity contribution in [3.05, 3.63) is 35.1 Å². The number of aryl methyl sites for hydroxylation is 1. The molecule has 3 aliphatic rings. The van der Waals surface area contributed by atoms with E-state index in [-0.39, 0.29) is 5.91 Å². The predicted molar refractivity (Wildman–Crippen MR) is 90.3 cm³/mol. The molecule has 1 amide bonds. The molecule has 0 saturated carbocycles. The van der Waals surface area contributed by atoms with Gasteiger partial charge in [0.1, 0.15) is 4.88 Å². The van der Waals surface area contributed by atoms with Gasteiger partial charge >= 0.3 is 0 Å². The van der Waals surface area contributed by atoms with Crippen molar-refractivity contribution >= 4 is 17.2 Å². The first-order valence-electron chi connectivity index (χ1n) is 8.06. The largest absolute Gasteiger partial charge is 0.350 e. The van der Waals surface area contributed by atoms with Crippen LogP contribution in [0.5, 0.6) is 0 Å². The van der Waals surface area contributed by atoms with E-state index >= 15 is 0 Å². The highest BCUT2D eigenvalue weighted by atomic mass is 32.1. The van der Waals surface area contributed by atoms with Crippen LogP contribution >= 0.6 is 11.3 Å². The second-order valence-electron chi connectivity index (χ2n) is 6.20. The summed E-state index contributed by atoms with van der Waals surface area (Å²) in [4.78, 5) is 22.7. The zero-order chi connectivity index (χ0) is 15.8. The van der Waals surface area contributed by atoms with Crippen LogP contribution in [0.3, 0.4) is 0 Å². The summed E-state index contributed by atoms with van der Waals surface area (Å²) in [5, 5.41) is 3.94. The van der Waals surface area contributed by atoms with E-state index in [1.165, 1.54) is 24.4 Å². The molecule has 0 aliphatic carbocycles. The Kier molecular flexibility index (Phi) is 3.92. The van der Waals surface area contributed by atoms with Gasteiger partial charge in [-0.05, 0) is 19.1 Å². The zero-order valence-electron chi connectivity index (χ0n) is 13.2. The number of aromatic nitrogens is 2. The molecular formula is C16H21N5OS. The van der Waals surface area contributed by atoms with Crippen molar-refractivity contribution in [2.24, 2.45) is 0 Å². The van der Waals surface area contributed by atoms with Gasteiger partial charge in [-0.25, -0.2) is 4.98 Å². The molecule has 3 saturated heterocycles. The normalized spacial score (nSPS) is 26.4. The van der Waals surface area contributed by atoms with Crippen molar-refractivity contribution in [3.63, 3.8) is 0 Å². The molecule has 1 atom stereocenters. The average molecular weight is 331 g/mol. The van der Waals surface area contributed by atoms with Crippen LogP contribution in [-0.4, -0.2) is 70.6 Å². The van der Waals surface area contributed by atoms with Crippen LogP contribution in [0.2, 0.25) is 0 Å². The van der Waals surface area contributed by atoms with E-state index < -0.39 is 0 Å². The summed E-state index contributed by atoms with van der Waals surface area (Å²) in [6, 6.07) is 4.36. The van der Waals surface area contributed by atoms with Crippen LogP contribution in [0.4, 0.5) is 0 Å². The van der Waals surface area contributed by atoms with E-state index in [1.54, 1.807) is 0 Å². The van der Waals surface area contributed by atoms with Gasteiger partial charge in [-0.2, -0.15) is 0 Å². The lowest BCUT2D eigenvalue weighted by Crippen LogP contribution is -2.63. The molecule has 3 aliphatic heterocycles. The van der Waals surface area contributed by atoms with Crippen LogP contribution in [0.1, 0.15) is 15.4 Å². The molecule has 122 valence electrons. The van der Waals surface area contributed by atoms with Gasteiger partial charge in [0, 0.05) is 57.7 Å². The summed E-state index contributed by atoms with van der Waals surface area (Å²) >= 11 is 1.44. The Labute approximate surface area is 139 Å². The monoisotopic (exact) mass is 331 g/mol. The molecule has 3 fully saturated rings. The van der Waals surface area contributed by atoms with E-state index in [0.717, 1.165) is 30.5 Å². The van der Waals surface area contributed by atoms with Crippen molar-refractivity contribution in [3.8, 4) is 5.13 Å². The van der Waals surface area contributed by atoms with E-state index in [2.05, 4.69) is 20.1 Å². The van der Waals surface area contributed by atoms with Gasteiger partial charge in [-0.3, -0.25) is 14.6 Å². The van der Waals surface area contributed by atoms with E-state index in [9.17, 15) is 4.79 Å². The highest BCUT2D eigenvalue weighted by Gasteiger charge is 2.32. The molecular weight excluding hydrogens is 310 g/mol. The van der Waals surface area contributed by atoms with Gasteiger partial charge in [0.25, 0.3) is 5.91 Å². The van der Waals surface area contributed by atoms with Crippen LogP contribution in [0.15, 0.2) is 24.5 Å². The number of carbonyl (C=O) groups excluding carboxylic acids is 1. The Morgan fingerprint density at radius 3 is 2.70 bits per heavy atom. The van der Waals surface area contributed by atoms with Gasteiger partial charge in [0.2, 0.25) is 0 Å². The molecule has 0 radical (unpaired) electrons. The SMILES string of the molecule is Cc1nc(-n2cccc2)sc1C(=O)NCC1CN2CCN1CC2. The summed E-state index contributed by atoms with van der Waals surface area (Å²) in [5.74, 6) is -0.00365. The second-order valence-corrected chi connectivity index (χ2v) is 7.18. The molecule has 5 heterocycles. The van der Waals surface area contributed by atoms with Gasteiger partial charge < -0.3 is 9.88 Å². The first kappa shape index (κ1) is 14.9. The fraction of sp³-hybridized carbons (Fsp3) is 0.500. The minimum absolute atomic E-state index is 0.00365. The second kappa shape index (κ2) is 6.07. The molecule has 23 heavy (non-hydrogen) atoms. The Morgan fingerprint density at radius 1 is 1.30 bits per heavy atom. The topological polar surface area (TPSA) is 53.4 Å². The number of hydrogen-bond donors (Lipinski definition) is 1. The number of fused-ring (bicyclic) bond motifs is 3. The zero-order valence-corrected chi connectivity index (χ0v) is 14.1. The van der Waals surface area contributed by atoms with Crippen molar-refractivity contribution in [1.82, 2.24) is 24.7 Å². The molecule has 6 nitrogen and oxygen atoms in total. The first-order valence-corrected chi connectivity index (χ1v) is 8.88. The molecule has 0 aromatic carbocycles. The molecule has 1 unspecified atom stereocenters.